The second-order valence-electron chi connectivity index (χ2n) is 18.7. The van der Waals surface area contributed by atoms with Crippen molar-refractivity contribution in [2.24, 2.45) is 47.3 Å². The lowest BCUT2D eigenvalue weighted by atomic mass is 10.0. The van der Waals surface area contributed by atoms with Gasteiger partial charge in [-0.25, -0.2) is 0 Å². The molecule has 0 aliphatic carbocycles. The molecule has 0 radical (unpaired) electrons. The Bertz CT molecular complexity index is 1790. The molecule has 3 rings (SSSR count). The summed E-state index contributed by atoms with van der Waals surface area (Å²) in [6.07, 6.45) is 0.568. The van der Waals surface area contributed by atoms with Gasteiger partial charge in [-0.2, -0.15) is 0 Å². The zero-order chi connectivity index (χ0) is 56.4. The van der Waals surface area contributed by atoms with Gasteiger partial charge in [-0.3, -0.25) is 38.4 Å². The number of hydrogen-bond donors (Lipinski definition) is 0. The van der Waals surface area contributed by atoms with E-state index in [0.29, 0.717) is 18.0 Å². The summed E-state index contributed by atoms with van der Waals surface area (Å²) >= 11 is 5.20. The van der Waals surface area contributed by atoms with Gasteiger partial charge in [-0.15, -0.1) is 11.6 Å². The van der Waals surface area contributed by atoms with Crippen LogP contribution < -0.4 is 4.74 Å². The van der Waals surface area contributed by atoms with Crippen LogP contribution >= 0.6 is 11.6 Å². The number of carbonyl (C=O) groups excluding carboxylic acids is 8. The molecular weight excluding hydrogens is 1030 g/mol. The molecule has 0 aromatic heterocycles. The summed E-state index contributed by atoms with van der Waals surface area (Å²) in [5, 5.41) is 0. The fourth-order valence-corrected chi connectivity index (χ4v) is 4.18. The Morgan fingerprint density at radius 2 is 0.775 bits per heavy atom. The molecule has 0 N–H and O–H groups in total. The summed E-state index contributed by atoms with van der Waals surface area (Å²) in [6, 6.07) is 28.3. The number of methoxy groups -OCH3 is 2. The standard InChI is InChI=1S/C11H14O.C10H12O2.C10H12O.C6H13NO.C6H12O2.C5H9ClO.C5H10O2.C5H10O.9CH4/c1-9(2)11(12)8-10-6-4-3-5-7-10;1-8(2)10(11)12-9-6-4-3-5-7-9;1-8(2)10(11)9-6-4-3-5-7-9;1-5(2)6(8)7(3)4;1-5(2)6(7)4-8-3;1-4(2)5(7)3-6;1-4(2)5(6)7-3;1-4(2)5(3)6;;;;;;;;;/h3-7,9H,8H2,1-2H3;3-8H,1-2H3;3-8H,1-2H3;5H,1-4H3;5H,4H2,1-3H3;4H,3H2,1-2H3;4H,1-3H3;4H,1-3H3;9*1H4. The molecule has 12 nitrogen and oxygen atoms in total. The number of esters is 2. The van der Waals surface area contributed by atoms with Crippen LogP contribution in [0.3, 0.4) is 0 Å². The van der Waals surface area contributed by atoms with Gasteiger partial charge in [-0.05, 0) is 24.6 Å². The van der Waals surface area contributed by atoms with Gasteiger partial charge >= 0.3 is 11.9 Å². The van der Waals surface area contributed by atoms with Crippen LogP contribution in [0.1, 0.15) is 200 Å². The first-order chi connectivity index (χ1) is 32.9. The second kappa shape index (κ2) is 67.9. The van der Waals surface area contributed by atoms with Crippen LogP contribution in [0.25, 0.3) is 0 Å². The Balaban J connectivity index is -0.0000000516. The molecule has 80 heavy (non-hydrogen) atoms. The number of benzene rings is 3. The average molecular weight is 1160 g/mol. The van der Waals surface area contributed by atoms with E-state index >= 15 is 0 Å². The van der Waals surface area contributed by atoms with Crippen molar-refractivity contribution >= 4 is 58.4 Å². The molecule has 474 valence electrons. The third kappa shape index (κ3) is 68.8. The molecule has 0 spiro atoms. The van der Waals surface area contributed by atoms with Crippen LogP contribution in [-0.4, -0.2) is 92.5 Å². The van der Waals surface area contributed by atoms with Crippen molar-refractivity contribution in [1.82, 2.24) is 4.90 Å². The smallest absolute Gasteiger partial charge is 0.313 e. The number of Topliss-reactive ketones (excluding diaryl/α,β-unsaturated/α-hetero) is 5. The predicted octanol–water partition coefficient (Wildman–Crippen LogP) is 18.0. The van der Waals surface area contributed by atoms with Crippen molar-refractivity contribution < 1.29 is 52.6 Å². The summed E-state index contributed by atoms with van der Waals surface area (Å²) in [6.45, 7) is 31.7. The van der Waals surface area contributed by atoms with Crippen molar-refractivity contribution in [3.63, 3.8) is 0 Å². The molecule has 0 fully saturated rings. The first-order valence-electron chi connectivity index (χ1n) is 24.2. The second-order valence-corrected chi connectivity index (χ2v) is 19.0. The quantitative estimate of drug-likeness (QED) is 0.0615. The normalized spacial score (nSPS) is 8.72. The largest absolute Gasteiger partial charge is 0.469 e. The van der Waals surface area contributed by atoms with Crippen LogP contribution in [0.15, 0.2) is 91.0 Å². The fourth-order valence-electron chi connectivity index (χ4n) is 3.87. The molecule has 0 aliphatic heterocycles. The molecule has 3 aromatic rings. The Morgan fingerprint density at radius 1 is 0.438 bits per heavy atom. The molecule has 0 heterocycles. The van der Waals surface area contributed by atoms with Gasteiger partial charge in [-0.1, -0.05) is 256 Å². The molecule has 0 bridgehead atoms. The monoisotopic (exact) mass is 1160 g/mol. The van der Waals surface area contributed by atoms with Crippen LogP contribution in [0.2, 0.25) is 0 Å². The summed E-state index contributed by atoms with van der Waals surface area (Å²) in [4.78, 5) is 87.5. The number of ketones is 5. The van der Waals surface area contributed by atoms with Crippen molar-refractivity contribution in [3.05, 3.63) is 102 Å². The van der Waals surface area contributed by atoms with E-state index in [1.807, 2.05) is 176 Å². The number of halogens is 1. The SMILES string of the molecule is C.C.C.C.C.C.C.C.C.CC(=O)C(C)C.CC(C)C(=O)CCl.CC(C)C(=O)Cc1ccccc1.CC(C)C(=O)N(C)C.CC(C)C(=O)Oc1ccccc1.CC(C)C(=O)c1ccccc1.COC(=O)C(C)C.COCC(=O)C(C)C. The number of hydrogen-bond acceptors (Lipinski definition) is 11. The van der Waals surface area contributed by atoms with Crippen molar-refractivity contribution in [3.8, 4) is 5.75 Å². The summed E-state index contributed by atoms with van der Waals surface area (Å²) in [7, 11) is 6.45. The third-order valence-corrected chi connectivity index (χ3v) is 9.27. The Morgan fingerprint density at radius 3 is 0.975 bits per heavy atom. The molecule has 0 saturated carbocycles. The van der Waals surface area contributed by atoms with Gasteiger partial charge in [0.15, 0.2) is 11.6 Å². The van der Waals surface area contributed by atoms with E-state index in [9.17, 15) is 38.4 Å². The number of rotatable bonds is 15. The number of ether oxygens (including phenoxy) is 3. The van der Waals surface area contributed by atoms with E-state index in [1.54, 1.807) is 51.9 Å². The molecule has 0 saturated heterocycles. The van der Waals surface area contributed by atoms with Crippen LogP contribution in [0, 0.1) is 47.3 Å². The van der Waals surface area contributed by atoms with E-state index in [0.717, 1.165) is 11.1 Å². The lowest BCUT2D eigenvalue weighted by Crippen LogP contribution is -2.26. The van der Waals surface area contributed by atoms with E-state index in [-0.39, 0.29) is 168 Å². The fraction of sp³-hybridized carbons (Fsp3) is 0.612. The van der Waals surface area contributed by atoms with Crippen LogP contribution in [0.4, 0.5) is 0 Å². The van der Waals surface area contributed by atoms with Gasteiger partial charge in [0.05, 0.1) is 24.8 Å². The first-order valence-corrected chi connectivity index (χ1v) is 24.7. The van der Waals surface area contributed by atoms with Gasteiger partial charge in [0.2, 0.25) is 5.91 Å². The van der Waals surface area contributed by atoms with Crippen molar-refractivity contribution in [1.29, 1.82) is 0 Å². The van der Waals surface area contributed by atoms with E-state index in [2.05, 4.69) is 9.47 Å². The van der Waals surface area contributed by atoms with Crippen molar-refractivity contribution in [2.45, 2.75) is 191 Å². The van der Waals surface area contributed by atoms with E-state index < -0.39 is 0 Å². The van der Waals surface area contributed by atoms with Crippen molar-refractivity contribution in [2.75, 3.05) is 40.8 Å². The molecule has 0 atom stereocenters. The maximum absolute atomic E-state index is 11.3. The van der Waals surface area contributed by atoms with Crippen LogP contribution in [-0.2, 0) is 49.5 Å². The topological polar surface area (TPSA) is 167 Å². The maximum atomic E-state index is 11.3. The highest BCUT2D eigenvalue weighted by atomic mass is 35.5. The highest BCUT2D eigenvalue weighted by molar-refractivity contribution is 6.27. The Labute approximate surface area is 500 Å². The minimum absolute atomic E-state index is 0. The highest BCUT2D eigenvalue weighted by Gasteiger charge is 2.11. The zero-order valence-electron chi connectivity index (χ0n) is 47.2. The minimum Gasteiger partial charge on any atom is -0.469 e. The number of para-hydroxylation sites is 1. The maximum Gasteiger partial charge on any atom is 0.313 e. The lowest BCUT2D eigenvalue weighted by molar-refractivity contribution is -0.144. The Hall–Kier alpha value is -5.33. The summed E-state index contributed by atoms with van der Waals surface area (Å²) in [5.41, 5.74) is 1.92. The average Bonchev–Trinajstić information content (AvgIpc) is 3.32. The zero-order valence-corrected chi connectivity index (χ0v) is 48.0. The summed E-state index contributed by atoms with van der Waals surface area (Å²) < 4.78 is 14.0. The number of amides is 1. The summed E-state index contributed by atoms with van der Waals surface area (Å²) in [5.74, 6) is 2.36. The van der Waals surface area contributed by atoms with Gasteiger partial charge in [0.1, 0.15) is 29.7 Å². The van der Waals surface area contributed by atoms with Gasteiger partial charge in [0, 0.05) is 68.7 Å². The number of alkyl halides is 1. The highest BCUT2D eigenvalue weighted by Crippen LogP contribution is 2.11. The molecule has 3 aromatic carbocycles. The molecule has 1 amide bonds. The van der Waals surface area contributed by atoms with Gasteiger partial charge < -0.3 is 19.1 Å². The third-order valence-electron chi connectivity index (χ3n) is 9.01. The van der Waals surface area contributed by atoms with E-state index in [1.165, 1.54) is 14.2 Å². The van der Waals surface area contributed by atoms with E-state index in [4.69, 9.17) is 16.3 Å². The molecule has 13 heteroatoms. The van der Waals surface area contributed by atoms with Gasteiger partial charge in [0.25, 0.3) is 0 Å². The molecule has 0 unspecified atom stereocenters. The lowest BCUT2D eigenvalue weighted by Gasteiger charge is -2.11. The minimum atomic E-state index is -0.193. The molecular formula is C67H128ClNO11. The predicted molar refractivity (Wildman–Crippen MR) is 351 cm³/mol. The number of nitrogens with zero attached hydrogens (tertiary/aromatic N) is 1. The Kier molecular flexibility index (Phi) is 93.5. The first kappa shape index (κ1) is 110. The number of carbonyl (C=O) groups is 8. The molecule has 0 aliphatic rings. The van der Waals surface area contributed by atoms with Crippen LogP contribution in [0.5, 0.6) is 5.75 Å².